The molecule has 0 unspecified atom stereocenters. The van der Waals surface area contributed by atoms with Gasteiger partial charge in [-0.05, 0) is 5.16 Å². The monoisotopic (exact) mass is 264 g/mol. The maximum absolute atomic E-state index is 10.8. The highest BCUT2D eigenvalue weighted by atomic mass is 32.1. The van der Waals surface area contributed by atoms with Crippen molar-refractivity contribution in [2.75, 3.05) is 0 Å². The molecule has 0 rings (SSSR count). The van der Waals surface area contributed by atoms with Crippen LogP contribution in [0.2, 0.25) is 0 Å². The van der Waals surface area contributed by atoms with E-state index >= 15 is 0 Å². The normalized spacial score (nSPS) is 10.1. The van der Waals surface area contributed by atoms with Crippen LogP contribution in [0.4, 0.5) is 9.59 Å². The molecule has 0 atom stereocenters. The van der Waals surface area contributed by atoms with Crippen LogP contribution in [-0.4, -0.2) is 37.4 Å². The molecule has 0 saturated carbocycles. The average molecular weight is 264 g/mol. The molecule has 0 spiro atoms. The summed E-state index contributed by atoms with van der Waals surface area (Å²) >= 11 is 3.14. The molecule has 13 heteroatoms. The van der Waals surface area contributed by atoms with Gasteiger partial charge in [0.15, 0.2) is 5.03 Å². The van der Waals surface area contributed by atoms with Crippen molar-refractivity contribution >= 4 is 29.9 Å². The highest BCUT2D eigenvalue weighted by Crippen LogP contribution is 2.02. The molecule has 92 valence electrons. The molecule has 0 aliphatic heterocycles. The van der Waals surface area contributed by atoms with Gasteiger partial charge >= 0.3 is 18.3 Å². The Morgan fingerprint density at radius 2 is 2.18 bits per heavy atom. The predicted molar refractivity (Wildman–Crippen MR) is 51.4 cm³/mol. The number of nitrogens with two attached hydrogens (primary N) is 1. The summed E-state index contributed by atoms with van der Waals surface area (Å²) in [6, 6.07) is 0. The maximum atomic E-state index is 10.8. The van der Waals surface area contributed by atoms with Crippen molar-refractivity contribution in [3.8, 4) is 6.26 Å². The first-order chi connectivity index (χ1) is 7.82. The Labute approximate surface area is 97.9 Å². The summed E-state index contributed by atoms with van der Waals surface area (Å²) in [5.41, 5.74) is 0. The number of carbonyl (C=O) groups is 2. The van der Waals surface area contributed by atoms with E-state index in [1.54, 1.807) is 0 Å². The minimum atomic E-state index is -1.96. The molecule has 12 nitrogen and oxygen atoms in total. The Hall–Kier alpha value is -2.59. The molecule has 0 aliphatic rings. The lowest BCUT2D eigenvalue weighted by Crippen LogP contribution is -2.53. The van der Waals surface area contributed by atoms with Crippen molar-refractivity contribution in [1.29, 1.82) is 5.26 Å². The van der Waals surface area contributed by atoms with E-state index in [4.69, 9.17) is 16.2 Å². The first kappa shape index (κ1) is 14.4. The van der Waals surface area contributed by atoms with E-state index < -0.39 is 27.4 Å². The van der Waals surface area contributed by atoms with Gasteiger partial charge < -0.3 is 5.11 Å². The van der Waals surface area contributed by atoms with Gasteiger partial charge in [0.2, 0.25) is 0 Å². The summed E-state index contributed by atoms with van der Waals surface area (Å²) in [6.45, 7) is 0. The molecule has 2 amide bonds. The van der Waals surface area contributed by atoms with E-state index in [1.165, 1.54) is 0 Å². The molecule has 0 aromatic carbocycles. The van der Waals surface area contributed by atoms with Crippen molar-refractivity contribution in [2.24, 2.45) is 11.0 Å². The van der Waals surface area contributed by atoms with E-state index in [1.807, 2.05) is 0 Å². The molecular formula is C4H4N6O6S. The van der Waals surface area contributed by atoms with Crippen LogP contribution in [0, 0.1) is 21.6 Å². The van der Waals surface area contributed by atoms with E-state index in [-0.39, 0.29) is 4.90 Å². The zero-order chi connectivity index (χ0) is 13.6. The molecule has 0 aromatic rings. The van der Waals surface area contributed by atoms with E-state index in [0.717, 1.165) is 6.26 Å². The number of amides is 2. The number of thiol groups is 1. The van der Waals surface area contributed by atoms with Crippen LogP contribution in [0.5, 0.6) is 0 Å². The summed E-state index contributed by atoms with van der Waals surface area (Å²) in [5.74, 6) is 3.54. The summed E-state index contributed by atoms with van der Waals surface area (Å²) in [5, 5.41) is 26.4. The second-order valence-corrected chi connectivity index (χ2v) is 2.44. The molecule has 0 saturated heterocycles. The summed E-state index contributed by atoms with van der Waals surface area (Å²) in [6.07, 6.45) is -0.979. The van der Waals surface area contributed by atoms with Crippen LogP contribution in [0.15, 0.2) is 5.16 Å². The van der Waals surface area contributed by atoms with Crippen LogP contribution in [-0.2, 0) is 4.84 Å². The molecular weight excluding hydrogens is 260 g/mol. The largest absolute Gasteiger partial charge is 0.464 e. The van der Waals surface area contributed by atoms with E-state index in [2.05, 4.69) is 22.6 Å². The fourth-order valence-electron chi connectivity index (χ4n) is 0.572. The highest BCUT2D eigenvalue weighted by Gasteiger charge is 2.34. The number of nitriles is 1. The number of guanidine groups is 1. The smallest absolute Gasteiger partial charge is 0.422 e. The standard InChI is InChI=1S/C4H4N6O6S/c5-1-16-7-2(9(6)10(14)15)8(3(11)12)4(13)17/h6H2,(H,11,12)(H,13,17). The van der Waals surface area contributed by atoms with Crippen molar-refractivity contribution in [1.82, 2.24) is 10.0 Å². The molecule has 0 heterocycles. The quantitative estimate of drug-likeness (QED) is 0.109. The van der Waals surface area contributed by atoms with Crippen molar-refractivity contribution in [3.05, 3.63) is 10.1 Å². The van der Waals surface area contributed by atoms with Crippen molar-refractivity contribution < 1.29 is 24.6 Å². The number of hydrogen-bond donors (Lipinski definition) is 3. The number of hydrogen-bond acceptors (Lipinski definition) is 8. The summed E-state index contributed by atoms with van der Waals surface area (Å²) < 4.78 is 0. The predicted octanol–water partition coefficient (Wildman–Crippen LogP) is -0.848. The Morgan fingerprint density at radius 3 is 2.47 bits per heavy atom. The highest BCUT2D eigenvalue weighted by molar-refractivity contribution is 7.96. The number of nitro groups is 1. The van der Waals surface area contributed by atoms with Gasteiger partial charge in [-0.15, -0.1) is 5.26 Å². The minimum absolute atomic E-state index is 0.302. The second-order valence-electron chi connectivity index (χ2n) is 2.06. The third kappa shape index (κ3) is 3.81. The lowest BCUT2D eigenvalue weighted by Gasteiger charge is -2.16. The number of nitrogens with zero attached hydrogens (tertiary/aromatic N) is 5. The van der Waals surface area contributed by atoms with Gasteiger partial charge in [0.05, 0.1) is 0 Å². The molecule has 0 aromatic heterocycles. The number of hydrazine groups is 2. The Balaban J connectivity index is 5.44. The Morgan fingerprint density at radius 1 is 1.65 bits per heavy atom. The first-order valence-corrected chi connectivity index (χ1v) is 3.85. The van der Waals surface area contributed by atoms with Crippen LogP contribution >= 0.6 is 12.6 Å². The van der Waals surface area contributed by atoms with Crippen LogP contribution in [0.3, 0.4) is 0 Å². The number of oxime groups is 1. The van der Waals surface area contributed by atoms with Crippen LogP contribution in [0.25, 0.3) is 0 Å². The third-order valence-corrected chi connectivity index (χ3v) is 1.33. The Kier molecular flexibility index (Phi) is 5.17. The first-order valence-electron chi connectivity index (χ1n) is 3.41. The van der Waals surface area contributed by atoms with Gasteiger partial charge in [-0.2, -0.15) is 10.7 Å². The Bertz CT molecular complexity index is 401. The summed E-state index contributed by atoms with van der Waals surface area (Å²) in [7, 11) is 0. The van der Waals surface area contributed by atoms with Gasteiger partial charge in [-0.3, -0.25) is 9.63 Å². The van der Waals surface area contributed by atoms with Gasteiger partial charge in [-0.25, -0.2) is 14.9 Å². The number of carbonyl (C=O) groups excluding carboxylic acids is 1. The van der Waals surface area contributed by atoms with Gasteiger partial charge in [0, 0.05) is 5.12 Å². The molecule has 0 bridgehead atoms. The average Bonchev–Trinajstić information content (AvgIpc) is 2.21. The van der Waals surface area contributed by atoms with Crippen molar-refractivity contribution in [2.45, 2.75) is 0 Å². The fraction of sp³-hybridized carbons (Fsp3) is 0. The van der Waals surface area contributed by atoms with Crippen LogP contribution < -0.4 is 5.84 Å². The van der Waals surface area contributed by atoms with Gasteiger partial charge in [0.1, 0.15) is 0 Å². The lowest BCUT2D eigenvalue weighted by atomic mass is 10.7. The number of rotatable bonds is 2. The number of imide groups is 1. The second kappa shape index (κ2) is 6.09. The number of carboxylic acid groups (broad SMARTS) is 1. The SMILES string of the molecule is N#CON=C(N(C(=O)O)C(=O)S)N(N)[N+](=O)[O-]. The molecule has 3 N–H and O–H groups in total. The molecule has 17 heavy (non-hydrogen) atoms. The zero-order valence-electron chi connectivity index (χ0n) is 7.75. The van der Waals surface area contributed by atoms with Gasteiger partial charge in [0.25, 0.3) is 5.24 Å². The molecule has 0 fully saturated rings. The van der Waals surface area contributed by atoms with E-state index in [0.29, 0.717) is 0 Å². The zero-order valence-corrected chi connectivity index (χ0v) is 8.64. The maximum Gasteiger partial charge on any atom is 0.422 e. The van der Waals surface area contributed by atoms with Crippen LogP contribution in [0.1, 0.15) is 0 Å². The minimum Gasteiger partial charge on any atom is -0.464 e. The molecule has 0 aliphatic carbocycles. The fourth-order valence-corrected chi connectivity index (χ4v) is 0.747. The topological polar surface area (TPSA) is 175 Å². The van der Waals surface area contributed by atoms with Crippen molar-refractivity contribution in [3.63, 3.8) is 0 Å². The third-order valence-electron chi connectivity index (χ3n) is 1.13. The molecule has 0 radical (unpaired) electrons. The lowest BCUT2D eigenvalue weighted by molar-refractivity contribution is -0.633. The van der Waals surface area contributed by atoms with Gasteiger partial charge in [-0.1, -0.05) is 12.6 Å². The summed E-state index contributed by atoms with van der Waals surface area (Å²) in [4.78, 5) is 35.1. The van der Waals surface area contributed by atoms with E-state index in [9.17, 15) is 19.7 Å².